The minimum atomic E-state index is -4.63. The molecule has 0 bridgehead atoms. The van der Waals surface area contributed by atoms with E-state index in [1.165, 1.54) is 12.1 Å². The Labute approximate surface area is 203 Å². The molecule has 0 saturated carbocycles. The van der Waals surface area contributed by atoms with Crippen molar-refractivity contribution >= 4 is 0 Å². The van der Waals surface area contributed by atoms with E-state index in [-0.39, 0.29) is 29.7 Å². The molecule has 35 heavy (non-hydrogen) atoms. The monoisotopic (exact) mass is 482 g/mol. The molecular formula is C28H29F3N2O2. The lowest BCUT2D eigenvalue weighted by molar-refractivity contribution is -0.262. The molecule has 0 radical (unpaired) electrons. The topological polar surface area (TPSA) is 33.7 Å². The van der Waals surface area contributed by atoms with Crippen LogP contribution in [-0.2, 0) is 16.9 Å². The first-order valence-corrected chi connectivity index (χ1v) is 11.9. The molecule has 2 heterocycles. The molecule has 3 atom stereocenters. The lowest BCUT2D eigenvalue weighted by Crippen LogP contribution is -2.45. The number of hydrogen-bond acceptors (Lipinski definition) is 4. The molecule has 0 amide bonds. The van der Waals surface area contributed by atoms with E-state index in [0.29, 0.717) is 11.3 Å². The number of rotatable bonds is 5. The van der Waals surface area contributed by atoms with Gasteiger partial charge in [-0.05, 0) is 54.3 Å². The molecule has 1 fully saturated rings. The van der Waals surface area contributed by atoms with Gasteiger partial charge in [0, 0.05) is 18.0 Å². The first-order valence-electron chi connectivity index (χ1n) is 11.9. The van der Waals surface area contributed by atoms with Crippen molar-refractivity contribution in [2.75, 3.05) is 20.7 Å². The normalized spacial score (nSPS) is 24.8. The van der Waals surface area contributed by atoms with Crippen molar-refractivity contribution < 1.29 is 22.6 Å². The zero-order valence-corrected chi connectivity index (χ0v) is 19.8. The lowest BCUT2D eigenvalue weighted by atomic mass is 9.77. The van der Waals surface area contributed by atoms with Crippen molar-refractivity contribution in [2.24, 2.45) is 0 Å². The van der Waals surface area contributed by atoms with E-state index >= 15 is 0 Å². The van der Waals surface area contributed by atoms with Gasteiger partial charge >= 0.3 is 6.18 Å². The number of alkyl halides is 3. The number of methoxy groups -OCH3 is 1. The molecule has 0 spiro atoms. The summed E-state index contributed by atoms with van der Waals surface area (Å²) in [5.41, 5.74) is 3.41. The van der Waals surface area contributed by atoms with Crippen molar-refractivity contribution in [3.05, 3.63) is 101 Å². The van der Waals surface area contributed by atoms with E-state index < -0.39 is 11.8 Å². The quantitative estimate of drug-likeness (QED) is 0.478. The Morgan fingerprint density at radius 3 is 2.34 bits per heavy atom. The summed E-state index contributed by atoms with van der Waals surface area (Å²) in [6.07, 6.45) is -2.89. The van der Waals surface area contributed by atoms with E-state index in [1.54, 1.807) is 37.4 Å². The molecular weight excluding hydrogens is 453 g/mol. The Hall–Kier alpha value is -2.87. The van der Waals surface area contributed by atoms with Crippen LogP contribution in [0.5, 0.6) is 5.75 Å². The van der Waals surface area contributed by atoms with Crippen LogP contribution in [0.1, 0.15) is 52.6 Å². The van der Waals surface area contributed by atoms with Crippen LogP contribution in [0.25, 0.3) is 0 Å². The number of nitrogens with zero attached hydrogens (tertiary/aromatic N) is 1. The van der Waals surface area contributed by atoms with Gasteiger partial charge in [-0.3, -0.25) is 5.43 Å². The molecule has 1 saturated heterocycles. The number of hydrogen-bond donors (Lipinski definition) is 1. The predicted octanol–water partition coefficient (Wildman–Crippen LogP) is 6.09. The van der Waals surface area contributed by atoms with Gasteiger partial charge in [-0.2, -0.15) is 13.2 Å². The number of piperidine rings is 1. The fourth-order valence-corrected chi connectivity index (χ4v) is 5.76. The molecule has 0 aliphatic carbocycles. The number of hydrazine groups is 1. The van der Waals surface area contributed by atoms with Gasteiger partial charge in [-0.25, -0.2) is 5.01 Å². The maximum Gasteiger partial charge on any atom is 0.426 e. The summed E-state index contributed by atoms with van der Waals surface area (Å²) in [6, 6.07) is 21.4. The second-order valence-corrected chi connectivity index (χ2v) is 9.11. The average Bonchev–Trinajstić information content (AvgIpc) is 3.28. The van der Waals surface area contributed by atoms with Crippen molar-refractivity contribution in [2.45, 2.75) is 43.2 Å². The second kappa shape index (κ2) is 9.30. The fourth-order valence-electron chi connectivity index (χ4n) is 5.76. The molecule has 3 aromatic carbocycles. The summed E-state index contributed by atoms with van der Waals surface area (Å²) in [6.45, 7) is 0.717. The molecule has 1 unspecified atom stereocenters. The number of halogens is 3. The van der Waals surface area contributed by atoms with E-state index in [4.69, 9.17) is 9.47 Å². The third kappa shape index (κ3) is 3.92. The first-order chi connectivity index (χ1) is 16.9. The zero-order chi connectivity index (χ0) is 24.6. The molecule has 5 rings (SSSR count). The number of fused-ring (bicyclic) bond motifs is 1. The SMILES string of the molecule is CNN1CCC[C@@H](c2cc3c(cc2OC)COC3(c2ccccc2)C(F)(F)F)[C@H]1c1ccccc1. The summed E-state index contributed by atoms with van der Waals surface area (Å²) in [7, 11) is 3.46. The average molecular weight is 483 g/mol. The summed E-state index contributed by atoms with van der Waals surface area (Å²) >= 11 is 0. The second-order valence-electron chi connectivity index (χ2n) is 9.11. The van der Waals surface area contributed by atoms with Gasteiger partial charge < -0.3 is 9.47 Å². The van der Waals surface area contributed by atoms with Gasteiger partial charge in [0.2, 0.25) is 5.60 Å². The van der Waals surface area contributed by atoms with Gasteiger partial charge in [0.15, 0.2) is 0 Å². The van der Waals surface area contributed by atoms with Crippen LogP contribution in [0.4, 0.5) is 13.2 Å². The standard InChI is InChI=1S/C28H29F3N2O2/c1-32-33-15-9-14-22(26(33)19-10-5-3-6-11-19)23-17-24-20(16-25(23)34-2)18-35-27(24,28(29,30)31)21-12-7-4-8-13-21/h3-8,10-13,16-17,22,26,32H,9,14-15,18H2,1-2H3/t22-,26+,27?/m0/s1. The summed E-state index contributed by atoms with van der Waals surface area (Å²) in [5.74, 6) is 0.531. The van der Waals surface area contributed by atoms with Crippen LogP contribution in [0.3, 0.4) is 0 Å². The van der Waals surface area contributed by atoms with E-state index in [0.717, 1.165) is 30.5 Å². The van der Waals surface area contributed by atoms with Crippen LogP contribution in [0.2, 0.25) is 0 Å². The third-order valence-corrected chi connectivity index (χ3v) is 7.32. The Bertz CT molecular complexity index is 1170. The van der Waals surface area contributed by atoms with Gasteiger partial charge in [-0.1, -0.05) is 60.7 Å². The molecule has 1 N–H and O–H groups in total. The Morgan fingerprint density at radius 2 is 1.71 bits per heavy atom. The van der Waals surface area contributed by atoms with Gasteiger partial charge in [0.25, 0.3) is 0 Å². The highest BCUT2D eigenvalue weighted by Crippen LogP contribution is 2.55. The first kappa shape index (κ1) is 23.9. The minimum Gasteiger partial charge on any atom is -0.496 e. The van der Waals surface area contributed by atoms with Crippen LogP contribution in [-0.4, -0.2) is 31.9 Å². The largest absolute Gasteiger partial charge is 0.496 e. The van der Waals surface area contributed by atoms with Crippen LogP contribution in [0.15, 0.2) is 72.8 Å². The zero-order valence-electron chi connectivity index (χ0n) is 19.8. The summed E-state index contributed by atoms with van der Waals surface area (Å²) in [5, 5.41) is 2.17. The van der Waals surface area contributed by atoms with Gasteiger partial charge in [0.1, 0.15) is 5.75 Å². The molecule has 3 aromatic rings. The molecule has 184 valence electrons. The van der Waals surface area contributed by atoms with Crippen molar-refractivity contribution in [3.63, 3.8) is 0 Å². The van der Waals surface area contributed by atoms with Gasteiger partial charge in [-0.15, -0.1) is 0 Å². The van der Waals surface area contributed by atoms with Crippen LogP contribution in [0, 0.1) is 0 Å². The van der Waals surface area contributed by atoms with Crippen LogP contribution < -0.4 is 10.2 Å². The molecule has 0 aromatic heterocycles. The Balaban J connectivity index is 1.70. The maximum absolute atomic E-state index is 14.8. The highest BCUT2D eigenvalue weighted by Gasteiger charge is 2.62. The third-order valence-electron chi connectivity index (χ3n) is 7.32. The van der Waals surface area contributed by atoms with Crippen LogP contribution >= 0.6 is 0 Å². The maximum atomic E-state index is 14.8. The minimum absolute atomic E-state index is 0.0544. The van der Waals surface area contributed by atoms with Crippen molar-refractivity contribution in [3.8, 4) is 5.75 Å². The number of benzene rings is 3. The smallest absolute Gasteiger partial charge is 0.426 e. The molecule has 2 aliphatic rings. The summed E-state index contributed by atoms with van der Waals surface area (Å²) in [4.78, 5) is 0. The van der Waals surface area contributed by atoms with Gasteiger partial charge in [0.05, 0.1) is 19.8 Å². The molecule has 7 heteroatoms. The fraction of sp³-hybridized carbons (Fsp3) is 0.357. The highest BCUT2D eigenvalue weighted by atomic mass is 19.4. The molecule has 4 nitrogen and oxygen atoms in total. The predicted molar refractivity (Wildman–Crippen MR) is 128 cm³/mol. The number of nitrogens with one attached hydrogen (secondary N) is 1. The van der Waals surface area contributed by atoms with E-state index in [1.807, 2.05) is 25.2 Å². The lowest BCUT2D eigenvalue weighted by Gasteiger charge is -2.42. The van der Waals surface area contributed by atoms with Crippen molar-refractivity contribution in [1.29, 1.82) is 0 Å². The summed E-state index contributed by atoms with van der Waals surface area (Å²) < 4.78 is 55.9. The molecule has 2 aliphatic heterocycles. The Morgan fingerprint density at radius 1 is 1.03 bits per heavy atom. The van der Waals surface area contributed by atoms with E-state index in [9.17, 15) is 13.2 Å². The number of ether oxygens (including phenoxy) is 2. The van der Waals surface area contributed by atoms with Crippen molar-refractivity contribution in [1.82, 2.24) is 10.4 Å². The highest BCUT2D eigenvalue weighted by molar-refractivity contribution is 5.53. The van der Waals surface area contributed by atoms with E-state index in [2.05, 4.69) is 22.6 Å². The Kier molecular flexibility index (Phi) is 6.34.